The maximum Gasteiger partial charge on any atom is 0.126 e. The largest absolute Gasteiger partial charge is 0.383 e. The van der Waals surface area contributed by atoms with Gasteiger partial charge in [-0.15, -0.1) is 0 Å². The number of anilines is 1. The molecule has 0 radical (unpaired) electrons. The average Bonchev–Trinajstić information content (AvgIpc) is 2.84. The van der Waals surface area contributed by atoms with Gasteiger partial charge in [-0.25, -0.2) is 9.97 Å². The van der Waals surface area contributed by atoms with E-state index in [1.807, 2.05) is 18.2 Å². The van der Waals surface area contributed by atoms with Crippen LogP contribution in [-0.4, -0.2) is 14.5 Å². The molecule has 1 aromatic carbocycles. The summed E-state index contributed by atoms with van der Waals surface area (Å²) in [5.41, 5.74) is 9.23. The second kappa shape index (κ2) is 5.33. The summed E-state index contributed by atoms with van der Waals surface area (Å²) < 4.78 is 2.27. The van der Waals surface area contributed by atoms with Gasteiger partial charge in [-0.3, -0.25) is 0 Å². The molecule has 4 heteroatoms. The van der Waals surface area contributed by atoms with Gasteiger partial charge in [0.15, 0.2) is 0 Å². The summed E-state index contributed by atoms with van der Waals surface area (Å²) in [5, 5.41) is 0. The number of para-hydroxylation sites is 2. The maximum absolute atomic E-state index is 5.89. The van der Waals surface area contributed by atoms with E-state index in [2.05, 4.69) is 34.7 Å². The van der Waals surface area contributed by atoms with Crippen molar-refractivity contribution in [3.63, 3.8) is 0 Å². The summed E-state index contributed by atoms with van der Waals surface area (Å²) in [4.78, 5) is 8.86. The van der Waals surface area contributed by atoms with Crippen LogP contribution >= 0.6 is 0 Å². The fraction of sp³-hybridized carbons (Fsp3) is 0.250. The van der Waals surface area contributed by atoms with E-state index in [4.69, 9.17) is 10.7 Å². The van der Waals surface area contributed by atoms with Gasteiger partial charge >= 0.3 is 0 Å². The predicted octanol–water partition coefficient (Wildman–Crippen LogP) is 2.82. The molecule has 102 valence electrons. The molecule has 0 aliphatic carbocycles. The summed E-state index contributed by atoms with van der Waals surface area (Å²) in [6.45, 7) is 3.08. The van der Waals surface area contributed by atoms with Gasteiger partial charge < -0.3 is 10.3 Å². The third-order valence-corrected chi connectivity index (χ3v) is 3.59. The predicted molar refractivity (Wildman–Crippen MR) is 81.5 cm³/mol. The van der Waals surface area contributed by atoms with Crippen LogP contribution in [0.4, 0.5) is 5.82 Å². The van der Waals surface area contributed by atoms with Crippen LogP contribution in [0, 0.1) is 0 Å². The highest BCUT2D eigenvalue weighted by molar-refractivity contribution is 5.75. The zero-order valence-corrected chi connectivity index (χ0v) is 11.6. The Morgan fingerprint density at radius 3 is 2.75 bits per heavy atom. The first kappa shape index (κ1) is 12.7. The van der Waals surface area contributed by atoms with Crippen molar-refractivity contribution in [1.29, 1.82) is 0 Å². The highest BCUT2D eigenvalue weighted by Crippen LogP contribution is 2.18. The molecule has 0 fully saturated rings. The van der Waals surface area contributed by atoms with Crippen LogP contribution in [0.5, 0.6) is 0 Å². The lowest BCUT2D eigenvalue weighted by Gasteiger charge is -2.07. The summed E-state index contributed by atoms with van der Waals surface area (Å²) >= 11 is 0. The molecule has 20 heavy (non-hydrogen) atoms. The minimum absolute atomic E-state index is 0.617. The summed E-state index contributed by atoms with van der Waals surface area (Å²) in [6, 6.07) is 12.2. The number of nitrogens with zero attached hydrogens (tertiary/aromatic N) is 3. The topological polar surface area (TPSA) is 56.7 Å². The minimum atomic E-state index is 0.617. The Morgan fingerprint density at radius 2 is 1.95 bits per heavy atom. The summed E-state index contributed by atoms with van der Waals surface area (Å²) in [6.07, 6.45) is 3.46. The number of aromatic nitrogens is 3. The Balaban J connectivity index is 1.89. The number of hydrogen-bond acceptors (Lipinski definition) is 3. The number of rotatable bonds is 4. The van der Waals surface area contributed by atoms with Gasteiger partial charge in [0.1, 0.15) is 11.6 Å². The van der Waals surface area contributed by atoms with Crippen molar-refractivity contribution in [1.82, 2.24) is 14.5 Å². The fourth-order valence-electron chi connectivity index (χ4n) is 2.58. The quantitative estimate of drug-likeness (QED) is 0.790. The van der Waals surface area contributed by atoms with Gasteiger partial charge in [0.2, 0.25) is 0 Å². The number of nitrogens with two attached hydrogens (primary N) is 1. The molecule has 0 atom stereocenters. The molecule has 3 aromatic rings. The lowest BCUT2D eigenvalue weighted by atomic mass is 10.1. The van der Waals surface area contributed by atoms with Gasteiger partial charge in [-0.1, -0.05) is 18.2 Å². The van der Waals surface area contributed by atoms with E-state index >= 15 is 0 Å². The Bertz CT molecular complexity index is 730. The molecule has 0 amide bonds. The highest BCUT2D eigenvalue weighted by atomic mass is 15.1. The molecular weight excluding hydrogens is 248 g/mol. The number of fused-ring (bicyclic) bond motifs is 1. The molecule has 0 saturated heterocycles. The first-order valence-electron chi connectivity index (χ1n) is 6.93. The lowest BCUT2D eigenvalue weighted by molar-refractivity contribution is 0.707. The Labute approximate surface area is 118 Å². The van der Waals surface area contributed by atoms with Crippen molar-refractivity contribution in [3.05, 3.63) is 54.0 Å². The lowest BCUT2D eigenvalue weighted by Crippen LogP contribution is -2.05. The van der Waals surface area contributed by atoms with Gasteiger partial charge in [0.05, 0.1) is 11.0 Å². The molecule has 4 nitrogen and oxygen atoms in total. The minimum Gasteiger partial charge on any atom is -0.383 e. The molecule has 0 saturated carbocycles. The molecule has 2 aromatic heterocycles. The van der Waals surface area contributed by atoms with Crippen LogP contribution in [-0.2, 0) is 19.4 Å². The SMILES string of the molecule is CCn1c(CCc2cccnc2N)nc2ccccc21. The molecule has 0 aliphatic heterocycles. The number of hydrogen-bond donors (Lipinski definition) is 1. The monoisotopic (exact) mass is 266 g/mol. The molecule has 0 bridgehead atoms. The first-order chi connectivity index (χ1) is 9.79. The molecule has 0 aliphatic rings. The zero-order valence-electron chi connectivity index (χ0n) is 11.6. The van der Waals surface area contributed by atoms with E-state index in [1.54, 1.807) is 6.20 Å². The number of aryl methyl sites for hydroxylation is 3. The average molecular weight is 266 g/mol. The number of pyridine rings is 1. The van der Waals surface area contributed by atoms with Crippen LogP contribution in [0.25, 0.3) is 11.0 Å². The van der Waals surface area contributed by atoms with E-state index in [9.17, 15) is 0 Å². The van der Waals surface area contributed by atoms with Crippen molar-refractivity contribution in [2.24, 2.45) is 0 Å². The molecule has 3 rings (SSSR count). The Morgan fingerprint density at radius 1 is 1.10 bits per heavy atom. The van der Waals surface area contributed by atoms with Gasteiger partial charge in [-0.05, 0) is 37.1 Å². The molecular formula is C16H18N4. The Hall–Kier alpha value is -2.36. The number of nitrogen functional groups attached to an aromatic ring is 1. The summed E-state index contributed by atoms with van der Waals surface area (Å²) in [7, 11) is 0. The molecule has 0 unspecified atom stereocenters. The van der Waals surface area contributed by atoms with E-state index < -0.39 is 0 Å². The highest BCUT2D eigenvalue weighted by Gasteiger charge is 2.09. The van der Waals surface area contributed by atoms with Gasteiger partial charge in [0, 0.05) is 19.2 Å². The fourth-order valence-corrected chi connectivity index (χ4v) is 2.58. The van der Waals surface area contributed by atoms with Gasteiger partial charge in [-0.2, -0.15) is 0 Å². The van der Waals surface area contributed by atoms with E-state index in [0.29, 0.717) is 5.82 Å². The normalized spacial score (nSPS) is 11.1. The van der Waals surface area contributed by atoms with Crippen molar-refractivity contribution in [2.45, 2.75) is 26.3 Å². The smallest absolute Gasteiger partial charge is 0.126 e. The van der Waals surface area contributed by atoms with Crippen molar-refractivity contribution >= 4 is 16.9 Å². The second-order valence-electron chi connectivity index (χ2n) is 4.81. The van der Waals surface area contributed by atoms with Crippen LogP contribution in [0.2, 0.25) is 0 Å². The zero-order chi connectivity index (χ0) is 13.9. The van der Waals surface area contributed by atoms with Crippen molar-refractivity contribution in [2.75, 3.05) is 5.73 Å². The standard InChI is InChI=1S/C16H18N4/c1-2-20-14-8-4-3-7-13(14)19-15(20)10-9-12-6-5-11-18-16(12)17/h3-8,11H,2,9-10H2,1H3,(H2,17,18). The molecule has 0 spiro atoms. The van der Waals surface area contributed by atoms with Crippen molar-refractivity contribution in [3.8, 4) is 0 Å². The van der Waals surface area contributed by atoms with Crippen LogP contribution < -0.4 is 5.73 Å². The third kappa shape index (κ3) is 2.25. The van der Waals surface area contributed by atoms with Crippen LogP contribution in [0.3, 0.4) is 0 Å². The van der Waals surface area contributed by atoms with Crippen LogP contribution in [0.15, 0.2) is 42.6 Å². The second-order valence-corrected chi connectivity index (χ2v) is 4.81. The Kier molecular flexibility index (Phi) is 3.37. The van der Waals surface area contributed by atoms with Crippen molar-refractivity contribution < 1.29 is 0 Å². The van der Waals surface area contributed by atoms with Crippen LogP contribution in [0.1, 0.15) is 18.3 Å². The number of imidazole rings is 1. The molecule has 2 N–H and O–H groups in total. The van der Waals surface area contributed by atoms with E-state index in [0.717, 1.165) is 36.3 Å². The first-order valence-corrected chi connectivity index (χ1v) is 6.93. The van der Waals surface area contributed by atoms with E-state index in [-0.39, 0.29) is 0 Å². The summed E-state index contributed by atoms with van der Waals surface area (Å²) in [5.74, 6) is 1.73. The van der Waals surface area contributed by atoms with E-state index in [1.165, 1.54) is 5.52 Å². The van der Waals surface area contributed by atoms with Gasteiger partial charge in [0.25, 0.3) is 0 Å². The third-order valence-electron chi connectivity index (χ3n) is 3.59. The number of benzene rings is 1. The maximum atomic E-state index is 5.89. The molecule has 2 heterocycles.